The van der Waals surface area contributed by atoms with Crippen molar-refractivity contribution in [2.75, 3.05) is 14.7 Å². The number of nitrogens with zero attached hydrogens (tertiary/aromatic N) is 3. The average Bonchev–Trinajstić information content (AvgIpc) is 3.16. The van der Waals surface area contributed by atoms with Crippen molar-refractivity contribution in [3.63, 3.8) is 0 Å². The summed E-state index contributed by atoms with van der Waals surface area (Å²) >= 11 is 0. The molecular weight excluding hydrogens is 653 g/mol. The molecule has 0 aromatic heterocycles. The molecule has 9 rings (SSSR count). The van der Waals surface area contributed by atoms with Crippen LogP contribution in [-0.2, 0) is 5.41 Å². The van der Waals surface area contributed by atoms with Crippen molar-refractivity contribution in [1.82, 2.24) is 0 Å². The molecule has 2 aliphatic heterocycles. The lowest BCUT2D eigenvalue weighted by molar-refractivity contribution is 0.591. The number of aryl methyl sites for hydroxylation is 4. The Hall–Kier alpha value is -6.00. The summed E-state index contributed by atoms with van der Waals surface area (Å²) in [4.78, 5) is 7.44. The summed E-state index contributed by atoms with van der Waals surface area (Å²) in [6.07, 6.45) is 0. The Morgan fingerprint density at radius 1 is 0.463 bits per heavy atom. The van der Waals surface area contributed by atoms with Crippen molar-refractivity contribution < 1.29 is 0 Å². The Bertz CT molecular complexity index is 2470. The van der Waals surface area contributed by atoms with E-state index in [-0.39, 0.29) is 12.1 Å². The van der Waals surface area contributed by atoms with Gasteiger partial charge in [0.05, 0.1) is 5.69 Å². The van der Waals surface area contributed by atoms with Crippen LogP contribution in [0.3, 0.4) is 0 Å². The van der Waals surface area contributed by atoms with Crippen molar-refractivity contribution in [1.29, 1.82) is 0 Å². The predicted molar refractivity (Wildman–Crippen MR) is 233 cm³/mol. The van der Waals surface area contributed by atoms with Gasteiger partial charge in [0, 0.05) is 45.5 Å². The molecular formula is C50H46BN3. The van der Waals surface area contributed by atoms with Crippen LogP contribution in [0.1, 0.15) is 48.6 Å². The number of hydrogen-bond acceptors (Lipinski definition) is 3. The molecule has 0 amide bonds. The highest BCUT2D eigenvalue weighted by Gasteiger charge is 2.44. The molecule has 7 aromatic carbocycles. The van der Waals surface area contributed by atoms with Gasteiger partial charge in [-0.2, -0.15) is 0 Å². The van der Waals surface area contributed by atoms with E-state index < -0.39 is 0 Å². The molecule has 7 aromatic rings. The summed E-state index contributed by atoms with van der Waals surface area (Å²) in [6, 6.07) is 56.6. The third kappa shape index (κ3) is 5.60. The fraction of sp³-hybridized carbons (Fsp3) is 0.160. The maximum atomic E-state index is 2.52. The van der Waals surface area contributed by atoms with Crippen LogP contribution in [0.2, 0.25) is 0 Å². The number of rotatable bonds is 5. The highest BCUT2D eigenvalue weighted by Crippen LogP contribution is 2.47. The molecule has 264 valence electrons. The molecule has 2 aliphatic rings. The SMILES string of the molecule is Cc1ccc(N(c2ccc(C)cc2)c2cc3c(cc2C)B2c4cc(C(C)(C)C)ccc4N(c4ccccc4)c4cc(C)cc(c42)N3c2ccccc2)cc1. The summed E-state index contributed by atoms with van der Waals surface area (Å²) in [5.41, 5.74) is 21.0. The standard InChI is InChI=1S/C50H46BN3/c1-33-18-23-40(24-19-33)52(41-25-20-34(2)21-26-41)45-32-46-42(30-36(45)4)51-43-31-37(50(5,6)7)22-27-44(43)53(38-14-10-8-11-15-38)47-28-35(3)29-48(49(47)51)54(46)39-16-12-9-13-17-39/h8-32H,1-7H3. The molecule has 2 heterocycles. The normalized spacial score (nSPS) is 13.0. The summed E-state index contributed by atoms with van der Waals surface area (Å²) < 4.78 is 0. The van der Waals surface area contributed by atoms with Gasteiger partial charge in [0.2, 0.25) is 0 Å². The van der Waals surface area contributed by atoms with Crippen LogP contribution in [0.25, 0.3) is 0 Å². The van der Waals surface area contributed by atoms with Crippen LogP contribution in [0.15, 0.2) is 152 Å². The van der Waals surface area contributed by atoms with E-state index in [4.69, 9.17) is 0 Å². The van der Waals surface area contributed by atoms with Gasteiger partial charge in [-0.3, -0.25) is 0 Å². The molecule has 0 unspecified atom stereocenters. The molecule has 3 nitrogen and oxygen atoms in total. The number of benzene rings is 7. The van der Waals surface area contributed by atoms with Crippen LogP contribution < -0.4 is 31.1 Å². The van der Waals surface area contributed by atoms with Crippen LogP contribution >= 0.6 is 0 Å². The second-order valence-corrected chi connectivity index (χ2v) is 16.2. The first-order chi connectivity index (χ1) is 26.1. The minimum atomic E-state index is -0.00108. The molecule has 0 spiro atoms. The van der Waals surface area contributed by atoms with Gasteiger partial charge in [0.1, 0.15) is 0 Å². The van der Waals surface area contributed by atoms with Crippen molar-refractivity contribution >= 4 is 74.3 Å². The van der Waals surface area contributed by atoms with Crippen LogP contribution in [0, 0.1) is 27.7 Å². The average molecular weight is 700 g/mol. The molecule has 0 N–H and O–H groups in total. The molecule has 54 heavy (non-hydrogen) atoms. The first-order valence-electron chi connectivity index (χ1n) is 19.1. The lowest BCUT2D eigenvalue weighted by Gasteiger charge is -2.45. The molecule has 0 fully saturated rings. The van der Waals surface area contributed by atoms with Crippen LogP contribution in [0.4, 0.5) is 51.2 Å². The predicted octanol–water partition coefficient (Wildman–Crippen LogP) is 11.8. The quantitative estimate of drug-likeness (QED) is 0.166. The zero-order valence-electron chi connectivity index (χ0n) is 32.4. The maximum absolute atomic E-state index is 2.52. The minimum Gasteiger partial charge on any atom is -0.311 e. The summed E-state index contributed by atoms with van der Waals surface area (Å²) in [5.74, 6) is 0. The largest absolute Gasteiger partial charge is 0.311 e. The fourth-order valence-corrected chi connectivity index (χ4v) is 8.52. The monoisotopic (exact) mass is 699 g/mol. The molecule has 0 radical (unpaired) electrons. The Morgan fingerprint density at radius 3 is 1.48 bits per heavy atom. The van der Waals surface area contributed by atoms with Crippen molar-refractivity contribution in [3.05, 3.63) is 179 Å². The number of fused-ring (bicyclic) bond motifs is 4. The van der Waals surface area contributed by atoms with E-state index in [2.05, 4.69) is 215 Å². The smallest absolute Gasteiger partial charge is 0.252 e. The number of hydrogen-bond donors (Lipinski definition) is 0. The van der Waals surface area contributed by atoms with E-state index in [0.717, 1.165) is 17.1 Å². The van der Waals surface area contributed by atoms with Crippen molar-refractivity contribution in [3.8, 4) is 0 Å². The van der Waals surface area contributed by atoms with Gasteiger partial charge >= 0.3 is 0 Å². The van der Waals surface area contributed by atoms with E-state index in [1.54, 1.807) is 0 Å². The molecule has 0 atom stereocenters. The Balaban J connectivity index is 1.37. The Labute approximate surface area is 321 Å². The first kappa shape index (κ1) is 33.8. The zero-order valence-corrected chi connectivity index (χ0v) is 32.4. The number of anilines is 9. The van der Waals surface area contributed by atoms with Gasteiger partial charge in [0.15, 0.2) is 0 Å². The molecule has 0 aliphatic carbocycles. The topological polar surface area (TPSA) is 9.72 Å². The highest BCUT2D eigenvalue weighted by molar-refractivity contribution is 7.00. The van der Waals surface area contributed by atoms with Gasteiger partial charge in [-0.05, 0) is 139 Å². The lowest BCUT2D eigenvalue weighted by atomic mass is 9.33. The van der Waals surface area contributed by atoms with E-state index in [0.29, 0.717) is 0 Å². The third-order valence-corrected chi connectivity index (χ3v) is 11.2. The van der Waals surface area contributed by atoms with Crippen LogP contribution in [0.5, 0.6) is 0 Å². The highest BCUT2D eigenvalue weighted by atomic mass is 15.2. The van der Waals surface area contributed by atoms with E-state index >= 15 is 0 Å². The van der Waals surface area contributed by atoms with Gasteiger partial charge < -0.3 is 14.7 Å². The van der Waals surface area contributed by atoms with Gasteiger partial charge in [-0.1, -0.05) is 111 Å². The number of para-hydroxylation sites is 2. The lowest BCUT2D eigenvalue weighted by Crippen LogP contribution is -2.61. The fourth-order valence-electron chi connectivity index (χ4n) is 8.52. The summed E-state index contributed by atoms with van der Waals surface area (Å²) in [6.45, 7) is 15.8. The van der Waals surface area contributed by atoms with Gasteiger partial charge in [-0.25, -0.2) is 0 Å². The second kappa shape index (κ2) is 12.8. The third-order valence-electron chi connectivity index (χ3n) is 11.2. The Morgan fingerprint density at radius 2 is 0.963 bits per heavy atom. The van der Waals surface area contributed by atoms with Crippen molar-refractivity contribution in [2.24, 2.45) is 0 Å². The van der Waals surface area contributed by atoms with Gasteiger partial charge in [0.25, 0.3) is 6.71 Å². The molecule has 4 heteroatoms. The Kier molecular flexibility index (Phi) is 8.04. The molecule has 0 saturated heterocycles. The minimum absolute atomic E-state index is 0.00108. The van der Waals surface area contributed by atoms with Crippen LogP contribution in [-0.4, -0.2) is 6.71 Å². The second-order valence-electron chi connectivity index (χ2n) is 16.2. The maximum Gasteiger partial charge on any atom is 0.252 e. The summed E-state index contributed by atoms with van der Waals surface area (Å²) in [5, 5.41) is 0. The molecule has 0 saturated carbocycles. The van der Waals surface area contributed by atoms with E-state index in [1.807, 2.05) is 0 Å². The first-order valence-corrected chi connectivity index (χ1v) is 19.1. The van der Waals surface area contributed by atoms with E-state index in [9.17, 15) is 0 Å². The van der Waals surface area contributed by atoms with Crippen molar-refractivity contribution in [2.45, 2.75) is 53.9 Å². The van der Waals surface area contributed by atoms with E-state index in [1.165, 1.54) is 78.3 Å². The zero-order chi connectivity index (χ0) is 37.3. The molecule has 0 bridgehead atoms. The van der Waals surface area contributed by atoms with Gasteiger partial charge in [-0.15, -0.1) is 0 Å². The summed E-state index contributed by atoms with van der Waals surface area (Å²) in [7, 11) is 0.